The number of amides is 1. The number of rotatable bonds is 20. The van der Waals surface area contributed by atoms with E-state index in [1.165, 1.54) is 40.6 Å². The van der Waals surface area contributed by atoms with Crippen molar-refractivity contribution in [2.24, 2.45) is 11.3 Å². The Morgan fingerprint density at radius 2 is 1.55 bits per heavy atom. The highest BCUT2D eigenvalue weighted by atomic mass is 35.5. The molecule has 2 heterocycles. The van der Waals surface area contributed by atoms with Gasteiger partial charge in [-0.05, 0) is 135 Å². The Bertz CT molecular complexity index is 2910. The molecule has 1 aliphatic carbocycles. The maximum absolute atomic E-state index is 14.3. The summed E-state index contributed by atoms with van der Waals surface area (Å²) in [5.74, 6) is -1.86. The second kappa shape index (κ2) is 24.3. The van der Waals surface area contributed by atoms with Gasteiger partial charge in [-0.15, -0.1) is 11.8 Å². The van der Waals surface area contributed by atoms with Gasteiger partial charge in [0, 0.05) is 72.2 Å². The van der Waals surface area contributed by atoms with E-state index in [1.807, 2.05) is 52.1 Å². The fourth-order valence-electron chi connectivity index (χ4n) is 9.44. The van der Waals surface area contributed by atoms with Crippen molar-refractivity contribution in [3.05, 3.63) is 119 Å². The molecule has 0 aromatic heterocycles. The van der Waals surface area contributed by atoms with E-state index in [4.69, 9.17) is 26.1 Å². The smallest absolute Gasteiger partial charge is 0.465 e. The number of thioether (sulfide) groups is 1. The van der Waals surface area contributed by atoms with Crippen LogP contribution in [0.1, 0.15) is 68.3 Å². The molecule has 15 nitrogen and oxygen atoms in total. The quantitative estimate of drug-likeness (QED) is 0.0371. The lowest BCUT2D eigenvalue weighted by atomic mass is 9.73. The van der Waals surface area contributed by atoms with Crippen molar-refractivity contribution >= 4 is 79.6 Å². The van der Waals surface area contributed by atoms with Crippen LogP contribution in [-0.4, -0.2) is 131 Å². The highest BCUT2D eigenvalue weighted by Gasteiger charge is 2.48. The third kappa shape index (κ3) is 15.6. The molecule has 1 amide bonds. The number of halogens is 4. The number of hydrogen-bond acceptors (Lipinski definition) is 13. The van der Waals surface area contributed by atoms with Crippen molar-refractivity contribution in [1.82, 2.24) is 14.5 Å². The molecular weight excluding hydrogens is 1060 g/mol. The molecule has 4 aromatic rings. The van der Waals surface area contributed by atoms with Crippen LogP contribution in [0, 0.1) is 11.3 Å². The van der Waals surface area contributed by atoms with E-state index in [9.17, 15) is 44.2 Å². The topological polar surface area (TPSA) is 203 Å². The van der Waals surface area contributed by atoms with Gasteiger partial charge in [-0.1, -0.05) is 61.4 Å². The van der Waals surface area contributed by atoms with Crippen LogP contribution >= 0.6 is 31.0 Å². The van der Waals surface area contributed by atoms with Crippen LogP contribution in [0.15, 0.2) is 117 Å². The molecule has 4 N–H and O–H groups in total. The number of hydrogen-bond donors (Lipinski definition) is 4. The molecule has 23 heteroatoms. The summed E-state index contributed by atoms with van der Waals surface area (Å²) in [6, 6.07) is 25.1. The van der Waals surface area contributed by atoms with Gasteiger partial charge in [-0.3, -0.25) is 19.1 Å². The number of allylic oxidation sites excluding steroid dienone is 1. The number of sulfonamides is 1. The van der Waals surface area contributed by atoms with Crippen molar-refractivity contribution in [3.63, 3.8) is 0 Å². The standard InChI is InChI=1S/C51H62ClF3N5O10PS3/c1-50(2)22-18-45(36-8-12-40(52)13-9-36)39(33-50)34-59-26-28-60(29-27-59)42-14-10-37(11-15-42)48(61)57-74(68,69)44-16-17-46(47(32-44)73(66,67)51(53,54)55)56-41(35-72-43-6-4-3-5-7-43)21-25-58-23-19-38(20-24-58)49(62)70-30-31-71(63,64)65/h3-17,32,38,41,56H,18-31,33-35H2,1-2H3,(H,57,61)(H2,63,64,65)/t41-/m1/s1. The number of carbonyl (C=O) groups excluding carboxylic acids is 2. The van der Waals surface area contributed by atoms with E-state index < -0.39 is 85.0 Å². The number of piperidine rings is 1. The van der Waals surface area contributed by atoms with Crippen molar-refractivity contribution in [1.29, 1.82) is 0 Å². The van der Waals surface area contributed by atoms with Gasteiger partial charge in [-0.2, -0.15) is 13.2 Å². The molecule has 4 aromatic carbocycles. The molecule has 1 atom stereocenters. The minimum Gasteiger partial charge on any atom is -0.465 e. The molecule has 0 saturated carbocycles. The van der Waals surface area contributed by atoms with Crippen LogP contribution in [0.25, 0.3) is 5.57 Å². The second-order valence-electron chi connectivity index (χ2n) is 19.7. The fourth-order valence-corrected chi connectivity index (χ4v) is 12.9. The third-order valence-electron chi connectivity index (χ3n) is 13.6. The first-order valence-electron chi connectivity index (χ1n) is 24.3. The Morgan fingerprint density at radius 1 is 0.892 bits per heavy atom. The highest BCUT2D eigenvalue weighted by molar-refractivity contribution is 7.99. The minimum atomic E-state index is -6.15. The van der Waals surface area contributed by atoms with Gasteiger partial charge in [0.15, 0.2) is 0 Å². The molecule has 2 fully saturated rings. The monoisotopic (exact) mass is 1120 g/mol. The first kappa shape index (κ1) is 57.3. The number of nitrogens with zero attached hydrogens (tertiary/aromatic N) is 3. The number of ether oxygens (including phenoxy) is 1. The first-order valence-corrected chi connectivity index (χ1v) is 30.4. The van der Waals surface area contributed by atoms with E-state index in [2.05, 4.69) is 41.1 Å². The molecule has 2 aliphatic heterocycles. The van der Waals surface area contributed by atoms with Gasteiger partial charge in [0.2, 0.25) is 0 Å². The number of benzene rings is 4. The second-order valence-corrected chi connectivity index (χ2v) is 26.6. The van der Waals surface area contributed by atoms with Crippen LogP contribution in [0.4, 0.5) is 24.5 Å². The van der Waals surface area contributed by atoms with E-state index in [-0.39, 0.29) is 23.2 Å². The molecule has 0 radical (unpaired) electrons. The summed E-state index contributed by atoms with van der Waals surface area (Å²) in [6.45, 7) is 9.31. The van der Waals surface area contributed by atoms with Crippen LogP contribution in [0.5, 0.6) is 0 Å². The highest BCUT2D eigenvalue weighted by Crippen LogP contribution is 2.43. The maximum Gasteiger partial charge on any atom is 0.501 e. The normalized spacial score (nSPS) is 18.0. The summed E-state index contributed by atoms with van der Waals surface area (Å²) in [6.07, 6.45) is 3.58. The summed E-state index contributed by atoms with van der Waals surface area (Å²) < 4.78 is 115. The molecule has 7 rings (SSSR count). The minimum absolute atomic E-state index is 0.0416. The lowest BCUT2D eigenvalue weighted by Crippen LogP contribution is -2.47. The number of carbonyl (C=O) groups is 2. The summed E-state index contributed by atoms with van der Waals surface area (Å²) in [5.41, 5.74) is -1.33. The summed E-state index contributed by atoms with van der Waals surface area (Å²) in [7, 11) is -15.4. The fraction of sp³-hybridized carbons (Fsp3) is 0.451. The van der Waals surface area contributed by atoms with Crippen molar-refractivity contribution in [2.75, 3.05) is 81.1 Å². The van der Waals surface area contributed by atoms with Gasteiger partial charge in [0.1, 0.15) is 11.5 Å². The zero-order valence-electron chi connectivity index (χ0n) is 41.1. The Balaban J connectivity index is 0.999. The molecule has 0 unspecified atom stereocenters. The van der Waals surface area contributed by atoms with Gasteiger partial charge < -0.3 is 29.6 Å². The van der Waals surface area contributed by atoms with Crippen LogP contribution in [0.2, 0.25) is 5.02 Å². The zero-order chi connectivity index (χ0) is 53.5. The largest absolute Gasteiger partial charge is 0.501 e. The van der Waals surface area contributed by atoms with E-state index in [1.54, 1.807) is 12.1 Å². The number of esters is 1. The summed E-state index contributed by atoms with van der Waals surface area (Å²) >= 11 is 7.56. The van der Waals surface area contributed by atoms with Gasteiger partial charge >= 0.3 is 19.1 Å². The Morgan fingerprint density at radius 3 is 2.19 bits per heavy atom. The van der Waals surface area contributed by atoms with E-state index in [0.717, 1.165) is 61.6 Å². The molecule has 402 valence electrons. The van der Waals surface area contributed by atoms with Crippen LogP contribution < -0.4 is 14.9 Å². The van der Waals surface area contributed by atoms with E-state index in [0.29, 0.717) is 56.7 Å². The number of nitrogens with one attached hydrogen (secondary N) is 2. The average molecular weight is 1120 g/mol. The Hall–Kier alpha value is -4.44. The third-order valence-corrected chi connectivity index (χ3v) is 18.7. The molecule has 2 saturated heterocycles. The molecule has 3 aliphatic rings. The molecule has 0 spiro atoms. The molecule has 0 bridgehead atoms. The lowest BCUT2D eigenvalue weighted by Gasteiger charge is -2.39. The van der Waals surface area contributed by atoms with Crippen molar-refractivity contribution < 1.29 is 58.7 Å². The van der Waals surface area contributed by atoms with Crippen molar-refractivity contribution in [3.8, 4) is 0 Å². The predicted octanol–water partition coefficient (Wildman–Crippen LogP) is 8.93. The number of piperazine rings is 1. The predicted molar refractivity (Wildman–Crippen MR) is 282 cm³/mol. The van der Waals surface area contributed by atoms with Crippen molar-refractivity contribution in [2.45, 2.75) is 78.6 Å². The molecular formula is C51H62ClF3N5O10PS3. The Labute approximate surface area is 440 Å². The number of alkyl halides is 3. The van der Waals surface area contributed by atoms with Crippen LogP contribution in [-0.2, 0) is 34.0 Å². The maximum atomic E-state index is 14.3. The van der Waals surface area contributed by atoms with Gasteiger partial charge in [0.25, 0.3) is 25.8 Å². The summed E-state index contributed by atoms with van der Waals surface area (Å²) in [4.78, 5) is 49.3. The van der Waals surface area contributed by atoms with Gasteiger partial charge in [0.05, 0.1) is 22.7 Å². The molecule has 74 heavy (non-hydrogen) atoms. The lowest BCUT2D eigenvalue weighted by molar-refractivity contribution is -0.149. The zero-order valence-corrected chi connectivity index (χ0v) is 45.2. The SMILES string of the molecule is CC1(C)CCC(c2ccc(Cl)cc2)=C(CN2CCN(c3ccc(C(=O)NS(=O)(=O)c4ccc(N[C@H](CCN5CCC(C(=O)OCCP(=O)(O)O)CC5)CSc5ccccc5)c(S(=O)(=O)C(F)(F)F)c4)cc3)CC2)C1. The average Bonchev–Trinajstić information content (AvgIpc) is 3.35. The number of anilines is 2. The summed E-state index contributed by atoms with van der Waals surface area (Å²) in [5, 5.41) is 3.65. The number of likely N-dealkylation sites (tertiary alicyclic amines) is 1. The van der Waals surface area contributed by atoms with E-state index >= 15 is 0 Å². The Kier molecular flexibility index (Phi) is 18.8. The number of sulfone groups is 1. The van der Waals surface area contributed by atoms with Crippen LogP contribution in [0.3, 0.4) is 0 Å². The van der Waals surface area contributed by atoms with Gasteiger partial charge in [-0.25, -0.2) is 21.6 Å². The first-order chi connectivity index (χ1) is 34.9.